The van der Waals surface area contributed by atoms with Gasteiger partial charge in [-0.25, -0.2) is 4.79 Å². The van der Waals surface area contributed by atoms with Gasteiger partial charge in [0.2, 0.25) is 5.43 Å². The Labute approximate surface area is 192 Å². The van der Waals surface area contributed by atoms with Crippen LogP contribution in [-0.2, 0) is 0 Å². The van der Waals surface area contributed by atoms with E-state index in [0.717, 1.165) is 16.7 Å². The van der Waals surface area contributed by atoms with Gasteiger partial charge in [-0.1, -0.05) is 48.5 Å². The molecule has 5 nitrogen and oxygen atoms in total. The number of hydrogen-bond acceptors (Lipinski definition) is 4. The van der Waals surface area contributed by atoms with E-state index >= 15 is 0 Å². The molecule has 6 heteroatoms. The van der Waals surface area contributed by atoms with E-state index in [0.29, 0.717) is 26.0 Å². The molecular weight excluding hydrogens is 505 g/mol. The second kappa shape index (κ2) is 8.55. The molecule has 0 radical (unpaired) electrons. The van der Waals surface area contributed by atoms with E-state index in [1.165, 1.54) is 0 Å². The number of rotatable bonds is 5. The van der Waals surface area contributed by atoms with Gasteiger partial charge in [0.05, 0.1) is 17.0 Å². The number of aromatic carboxylic acids is 1. The molecule has 0 fully saturated rings. The Hall–Kier alpha value is -3.13. The van der Waals surface area contributed by atoms with Crippen LogP contribution in [0, 0.1) is 10.5 Å². The summed E-state index contributed by atoms with van der Waals surface area (Å²) in [6.45, 7) is 3.85. The maximum absolute atomic E-state index is 13.2. The van der Waals surface area contributed by atoms with Crippen LogP contribution in [0.3, 0.4) is 0 Å². The first-order chi connectivity index (χ1) is 14.9. The summed E-state index contributed by atoms with van der Waals surface area (Å²) in [5.41, 5.74) is 3.67. The second-order valence-electron chi connectivity index (χ2n) is 7.39. The SMILES string of the molecule is Cc1cc(C(C)Nc2ccccc2C(=O)O)c2oc(-c3ccccc3)c(I)c(=O)c2c1. The first-order valence-electron chi connectivity index (χ1n) is 9.78. The average Bonchev–Trinajstić information content (AvgIpc) is 2.77. The smallest absolute Gasteiger partial charge is 0.337 e. The van der Waals surface area contributed by atoms with Crippen LogP contribution in [0.4, 0.5) is 5.69 Å². The monoisotopic (exact) mass is 525 g/mol. The number of anilines is 1. The van der Waals surface area contributed by atoms with Crippen molar-refractivity contribution in [3.63, 3.8) is 0 Å². The molecule has 1 unspecified atom stereocenters. The second-order valence-corrected chi connectivity index (χ2v) is 8.47. The molecule has 0 saturated carbocycles. The van der Waals surface area contributed by atoms with Crippen LogP contribution in [0.5, 0.6) is 0 Å². The Morgan fingerprint density at radius 1 is 1.06 bits per heavy atom. The minimum absolute atomic E-state index is 0.0798. The number of carbonyl (C=O) groups is 1. The minimum atomic E-state index is -1.00. The molecule has 0 aliphatic heterocycles. The van der Waals surface area contributed by atoms with E-state index in [-0.39, 0.29) is 17.0 Å². The summed E-state index contributed by atoms with van der Waals surface area (Å²) in [4.78, 5) is 24.8. The van der Waals surface area contributed by atoms with Crippen LogP contribution in [0.2, 0.25) is 0 Å². The van der Waals surface area contributed by atoms with Gasteiger partial charge in [-0.2, -0.15) is 0 Å². The molecule has 0 saturated heterocycles. The number of hydrogen-bond donors (Lipinski definition) is 2. The molecule has 0 bridgehead atoms. The Morgan fingerprint density at radius 2 is 1.74 bits per heavy atom. The number of fused-ring (bicyclic) bond motifs is 1. The number of aryl methyl sites for hydroxylation is 1. The van der Waals surface area contributed by atoms with Crippen molar-refractivity contribution < 1.29 is 14.3 Å². The molecule has 0 aliphatic carbocycles. The lowest BCUT2D eigenvalue weighted by Crippen LogP contribution is -2.14. The molecule has 0 aliphatic rings. The normalized spacial score (nSPS) is 12.0. The fourth-order valence-electron chi connectivity index (χ4n) is 3.66. The molecule has 1 heterocycles. The Morgan fingerprint density at radius 3 is 2.45 bits per heavy atom. The number of halogens is 1. The summed E-state index contributed by atoms with van der Waals surface area (Å²) < 4.78 is 6.85. The van der Waals surface area contributed by atoms with Crippen LogP contribution in [0.15, 0.2) is 75.9 Å². The zero-order valence-corrected chi connectivity index (χ0v) is 19.1. The summed E-state index contributed by atoms with van der Waals surface area (Å²) in [6, 6.07) is 19.8. The van der Waals surface area contributed by atoms with Crippen LogP contribution in [0.1, 0.15) is 34.5 Å². The predicted molar refractivity (Wildman–Crippen MR) is 131 cm³/mol. The average molecular weight is 525 g/mol. The minimum Gasteiger partial charge on any atom is -0.478 e. The van der Waals surface area contributed by atoms with Crippen LogP contribution in [-0.4, -0.2) is 11.1 Å². The van der Waals surface area contributed by atoms with Crippen molar-refractivity contribution in [3.8, 4) is 11.3 Å². The lowest BCUT2D eigenvalue weighted by atomic mass is 10.00. The topological polar surface area (TPSA) is 79.5 Å². The Balaban J connectivity index is 1.89. The van der Waals surface area contributed by atoms with Crippen LogP contribution >= 0.6 is 22.6 Å². The van der Waals surface area contributed by atoms with Crippen molar-refractivity contribution >= 4 is 45.2 Å². The maximum atomic E-state index is 13.2. The number of carboxylic acid groups (broad SMARTS) is 1. The van der Waals surface area contributed by atoms with Gasteiger partial charge >= 0.3 is 5.97 Å². The lowest BCUT2D eigenvalue weighted by molar-refractivity contribution is 0.0698. The van der Waals surface area contributed by atoms with Crippen molar-refractivity contribution in [2.45, 2.75) is 19.9 Å². The highest BCUT2D eigenvalue weighted by atomic mass is 127. The molecule has 1 atom stereocenters. The Bertz CT molecular complexity index is 1350. The van der Waals surface area contributed by atoms with E-state index in [1.807, 2.05) is 78.9 Å². The number of benzene rings is 3. The zero-order valence-electron chi connectivity index (χ0n) is 17.0. The molecule has 3 aromatic carbocycles. The molecule has 4 rings (SSSR count). The summed E-state index contributed by atoms with van der Waals surface area (Å²) in [5, 5.41) is 13.3. The van der Waals surface area contributed by atoms with Gasteiger partial charge in [0.25, 0.3) is 0 Å². The fraction of sp³-hybridized carbons (Fsp3) is 0.120. The molecule has 2 N–H and O–H groups in total. The van der Waals surface area contributed by atoms with E-state index in [1.54, 1.807) is 24.3 Å². The van der Waals surface area contributed by atoms with Crippen LogP contribution in [0.25, 0.3) is 22.3 Å². The van der Waals surface area contributed by atoms with E-state index in [9.17, 15) is 14.7 Å². The zero-order chi connectivity index (χ0) is 22.1. The van der Waals surface area contributed by atoms with Crippen LogP contribution < -0.4 is 10.7 Å². The summed E-state index contributed by atoms with van der Waals surface area (Å²) >= 11 is 2.04. The van der Waals surface area contributed by atoms with Gasteiger partial charge in [0.1, 0.15) is 9.15 Å². The number of nitrogens with one attached hydrogen (secondary N) is 1. The van der Waals surface area contributed by atoms with Crippen molar-refractivity contribution in [2.24, 2.45) is 0 Å². The highest BCUT2D eigenvalue weighted by molar-refractivity contribution is 14.1. The third-order valence-corrected chi connectivity index (χ3v) is 6.12. The van der Waals surface area contributed by atoms with Crippen molar-refractivity contribution in [2.75, 3.05) is 5.32 Å². The summed E-state index contributed by atoms with van der Waals surface area (Å²) in [7, 11) is 0. The first-order valence-corrected chi connectivity index (χ1v) is 10.9. The quantitative estimate of drug-likeness (QED) is 0.302. The third kappa shape index (κ3) is 4.07. The van der Waals surface area contributed by atoms with Crippen molar-refractivity contribution in [1.82, 2.24) is 0 Å². The van der Waals surface area contributed by atoms with Gasteiger partial charge < -0.3 is 14.8 Å². The molecule has 1 aromatic heterocycles. The molecular formula is C25H20INO4. The standard InChI is InChI=1S/C25H20INO4/c1-14-12-18(15(2)27-20-11-7-6-10-17(20)25(29)30)24-19(13-14)22(28)21(26)23(31-24)16-8-4-3-5-9-16/h3-13,15,27H,1-2H3,(H,29,30). The van der Waals surface area contributed by atoms with Gasteiger partial charge in [-0.15, -0.1) is 0 Å². The van der Waals surface area contributed by atoms with Gasteiger partial charge in [-0.3, -0.25) is 4.79 Å². The van der Waals surface area contributed by atoms with Gasteiger partial charge in [0.15, 0.2) is 5.76 Å². The third-order valence-electron chi connectivity index (χ3n) is 5.14. The molecule has 156 valence electrons. The van der Waals surface area contributed by atoms with E-state index < -0.39 is 5.97 Å². The highest BCUT2D eigenvalue weighted by Gasteiger charge is 2.20. The predicted octanol–water partition coefficient (Wildman–Crippen LogP) is 6.24. The maximum Gasteiger partial charge on any atom is 0.337 e. The summed E-state index contributed by atoms with van der Waals surface area (Å²) in [6.07, 6.45) is 0. The number of carboxylic acids is 1. The molecule has 4 aromatic rings. The first kappa shape index (κ1) is 21.1. The fourth-order valence-corrected chi connectivity index (χ4v) is 4.37. The highest BCUT2D eigenvalue weighted by Crippen LogP contribution is 2.33. The Kier molecular flexibility index (Phi) is 5.82. The van der Waals surface area contributed by atoms with Crippen molar-refractivity contribution in [3.05, 3.63) is 97.2 Å². The van der Waals surface area contributed by atoms with E-state index in [2.05, 4.69) is 5.32 Å². The van der Waals surface area contributed by atoms with Crippen molar-refractivity contribution in [1.29, 1.82) is 0 Å². The lowest BCUT2D eigenvalue weighted by Gasteiger charge is -2.19. The largest absolute Gasteiger partial charge is 0.478 e. The summed E-state index contributed by atoms with van der Waals surface area (Å²) in [5.74, 6) is -0.473. The number of para-hydroxylation sites is 1. The van der Waals surface area contributed by atoms with E-state index in [4.69, 9.17) is 4.42 Å². The molecule has 31 heavy (non-hydrogen) atoms. The van der Waals surface area contributed by atoms with Gasteiger partial charge in [-0.05, 0) is 60.2 Å². The molecule has 0 spiro atoms. The molecule has 0 amide bonds. The van der Waals surface area contributed by atoms with Gasteiger partial charge in [0, 0.05) is 16.8 Å².